The minimum atomic E-state index is -0.648. The van der Waals surface area contributed by atoms with Gasteiger partial charge in [-0.15, -0.1) is 0 Å². The second kappa shape index (κ2) is 5.44. The number of fused-ring (bicyclic) bond motifs is 1. The zero-order valence-corrected chi connectivity index (χ0v) is 11.8. The molecule has 1 N–H and O–H groups in total. The number of nitrogens with zero attached hydrogens (tertiary/aromatic N) is 1. The number of likely N-dealkylation sites (tertiary alicyclic amines) is 1. The van der Waals surface area contributed by atoms with Gasteiger partial charge in [-0.3, -0.25) is 9.69 Å². The molecule has 1 saturated heterocycles. The Bertz CT molecular complexity index is 494. The van der Waals surface area contributed by atoms with Crippen molar-refractivity contribution in [2.45, 2.75) is 25.8 Å². The first-order valence-electron chi connectivity index (χ1n) is 7.35. The predicted octanol–water partition coefficient (Wildman–Crippen LogP) is 2.55. The van der Waals surface area contributed by atoms with Crippen molar-refractivity contribution in [3.05, 3.63) is 29.8 Å². The number of ether oxygens (including phenoxy) is 1. The van der Waals surface area contributed by atoms with Crippen LogP contribution in [0.3, 0.4) is 0 Å². The van der Waals surface area contributed by atoms with Gasteiger partial charge in [-0.05, 0) is 32.0 Å². The van der Waals surface area contributed by atoms with Crippen LogP contribution in [0.5, 0.6) is 5.75 Å². The fourth-order valence-corrected chi connectivity index (χ4v) is 3.46. The molecule has 0 amide bonds. The summed E-state index contributed by atoms with van der Waals surface area (Å²) in [6.45, 7) is 4.67. The van der Waals surface area contributed by atoms with Crippen LogP contribution < -0.4 is 4.74 Å². The molecule has 0 bridgehead atoms. The molecule has 0 radical (unpaired) electrons. The lowest BCUT2D eigenvalue weighted by Gasteiger charge is -2.42. The minimum Gasteiger partial charge on any atom is -0.493 e. The Hall–Kier alpha value is -1.55. The molecule has 2 aliphatic heterocycles. The van der Waals surface area contributed by atoms with Crippen LogP contribution in [0.1, 0.15) is 31.4 Å². The van der Waals surface area contributed by atoms with Gasteiger partial charge in [0.05, 0.1) is 12.5 Å². The van der Waals surface area contributed by atoms with E-state index in [9.17, 15) is 4.79 Å². The summed E-state index contributed by atoms with van der Waals surface area (Å²) in [7, 11) is 0. The van der Waals surface area contributed by atoms with Crippen LogP contribution in [0.4, 0.5) is 0 Å². The van der Waals surface area contributed by atoms with E-state index >= 15 is 0 Å². The summed E-state index contributed by atoms with van der Waals surface area (Å²) in [5, 5.41) is 9.11. The third-order valence-corrected chi connectivity index (χ3v) is 4.55. The maximum Gasteiger partial charge on any atom is 0.306 e. The lowest BCUT2D eigenvalue weighted by Crippen LogP contribution is -2.43. The number of hydrogen-bond acceptors (Lipinski definition) is 3. The summed E-state index contributed by atoms with van der Waals surface area (Å²) >= 11 is 0. The molecule has 2 unspecified atom stereocenters. The standard InChI is InChI=1S/C16H21NO3/c1-11-10-20-14-5-3-2-4-13(14)15(11)17-8-6-12(7-9-17)16(18)19/h2-5,11-12,15H,6-10H2,1H3,(H,18,19). The van der Waals surface area contributed by atoms with E-state index in [-0.39, 0.29) is 5.92 Å². The van der Waals surface area contributed by atoms with E-state index in [1.807, 2.05) is 12.1 Å². The number of carboxylic acids is 1. The van der Waals surface area contributed by atoms with Crippen molar-refractivity contribution in [3.8, 4) is 5.75 Å². The highest BCUT2D eigenvalue weighted by atomic mass is 16.5. The lowest BCUT2D eigenvalue weighted by molar-refractivity contribution is -0.143. The molecule has 108 valence electrons. The van der Waals surface area contributed by atoms with Crippen molar-refractivity contribution in [3.63, 3.8) is 0 Å². The molecule has 0 saturated carbocycles. The van der Waals surface area contributed by atoms with Gasteiger partial charge >= 0.3 is 5.97 Å². The number of benzene rings is 1. The maximum atomic E-state index is 11.1. The topological polar surface area (TPSA) is 49.8 Å². The number of piperidine rings is 1. The van der Waals surface area contributed by atoms with Crippen LogP contribution in [0.2, 0.25) is 0 Å². The Kier molecular flexibility index (Phi) is 3.66. The Balaban J connectivity index is 1.79. The van der Waals surface area contributed by atoms with Crippen LogP contribution >= 0.6 is 0 Å². The van der Waals surface area contributed by atoms with E-state index in [0.717, 1.165) is 38.3 Å². The molecule has 1 aromatic rings. The number of hydrogen-bond donors (Lipinski definition) is 1. The van der Waals surface area contributed by atoms with Gasteiger partial charge < -0.3 is 9.84 Å². The van der Waals surface area contributed by atoms with Gasteiger partial charge in [0.2, 0.25) is 0 Å². The molecule has 2 atom stereocenters. The van der Waals surface area contributed by atoms with E-state index in [4.69, 9.17) is 9.84 Å². The first-order chi connectivity index (χ1) is 9.66. The number of carboxylic acid groups (broad SMARTS) is 1. The van der Waals surface area contributed by atoms with Gasteiger partial charge in [0.25, 0.3) is 0 Å². The summed E-state index contributed by atoms with van der Waals surface area (Å²) in [6.07, 6.45) is 1.50. The number of rotatable bonds is 2. The largest absolute Gasteiger partial charge is 0.493 e. The first kappa shape index (κ1) is 13.4. The highest BCUT2D eigenvalue weighted by molar-refractivity contribution is 5.70. The quantitative estimate of drug-likeness (QED) is 0.901. The highest BCUT2D eigenvalue weighted by Crippen LogP contribution is 2.40. The smallest absolute Gasteiger partial charge is 0.306 e. The van der Waals surface area contributed by atoms with E-state index in [2.05, 4.69) is 24.0 Å². The molecule has 1 fully saturated rings. The van der Waals surface area contributed by atoms with E-state index < -0.39 is 5.97 Å². The molecule has 0 aliphatic carbocycles. The number of para-hydroxylation sites is 1. The SMILES string of the molecule is CC1COc2ccccc2C1N1CCC(C(=O)O)CC1. The van der Waals surface area contributed by atoms with Crippen LogP contribution in [0, 0.1) is 11.8 Å². The van der Waals surface area contributed by atoms with Gasteiger partial charge in [-0.25, -0.2) is 0 Å². The summed E-state index contributed by atoms with van der Waals surface area (Å²) in [6, 6.07) is 8.58. The summed E-state index contributed by atoms with van der Waals surface area (Å²) < 4.78 is 5.80. The summed E-state index contributed by atoms with van der Waals surface area (Å²) in [4.78, 5) is 13.5. The zero-order chi connectivity index (χ0) is 14.1. The second-order valence-corrected chi connectivity index (χ2v) is 5.92. The molecule has 3 rings (SSSR count). The Morgan fingerprint density at radius 2 is 2.00 bits per heavy atom. The summed E-state index contributed by atoms with van der Waals surface area (Å²) in [5.74, 6) is 0.601. The van der Waals surface area contributed by atoms with Crippen LogP contribution in [-0.2, 0) is 4.79 Å². The predicted molar refractivity (Wildman–Crippen MR) is 75.8 cm³/mol. The van der Waals surface area contributed by atoms with Crippen molar-refractivity contribution in [2.75, 3.05) is 19.7 Å². The first-order valence-corrected chi connectivity index (χ1v) is 7.35. The van der Waals surface area contributed by atoms with Crippen LogP contribution in [-0.4, -0.2) is 35.7 Å². The Labute approximate surface area is 119 Å². The van der Waals surface area contributed by atoms with Crippen molar-refractivity contribution in [2.24, 2.45) is 11.8 Å². The van der Waals surface area contributed by atoms with E-state index in [0.29, 0.717) is 12.0 Å². The van der Waals surface area contributed by atoms with Gasteiger partial charge in [-0.1, -0.05) is 25.1 Å². The molecular weight excluding hydrogens is 254 g/mol. The minimum absolute atomic E-state index is 0.170. The normalized spacial score (nSPS) is 27.6. The molecule has 0 aromatic heterocycles. The molecule has 4 nitrogen and oxygen atoms in total. The van der Waals surface area contributed by atoms with E-state index in [1.54, 1.807) is 0 Å². The number of aliphatic carboxylic acids is 1. The van der Waals surface area contributed by atoms with E-state index in [1.165, 1.54) is 5.56 Å². The van der Waals surface area contributed by atoms with Crippen molar-refractivity contribution in [1.82, 2.24) is 4.90 Å². The third kappa shape index (κ3) is 2.40. The third-order valence-electron chi connectivity index (χ3n) is 4.55. The lowest BCUT2D eigenvalue weighted by atomic mass is 9.87. The van der Waals surface area contributed by atoms with Gasteiger partial charge in [-0.2, -0.15) is 0 Å². The second-order valence-electron chi connectivity index (χ2n) is 5.92. The average molecular weight is 275 g/mol. The van der Waals surface area contributed by atoms with Crippen molar-refractivity contribution >= 4 is 5.97 Å². The maximum absolute atomic E-state index is 11.1. The molecule has 4 heteroatoms. The molecule has 2 heterocycles. The number of carbonyl (C=O) groups is 1. The van der Waals surface area contributed by atoms with Gasteiger partial charge in [0, 0.05) is 17.5 Å². The van der Waals surface area contributed by atoms with Crippen LogP contribution in [0.25, 0.3) is 0 Å². The fraction of sp³-hybridized carbons (Fsp3) is 0.562. The Morgan fingerprint density at radius 3 is 2.70 bits per heavy atom. The molecule has 0 spiro atoms. The zero-order valence-electron chi connectivity index (χ0n) is 11.8. The van der Waals surface area contributed by atoms with Crippen molar-refractivity contribution in [1.29, 1.82) is 0 Å². The fourth-order valence-electron chi connectivity index (χ4n) is 3.46. The van der Waals surface area contributed by atoms with Gasteiger partial charge in [0.1, 0.15) is 5.75 Å². The molecule has 1 aromatic carbocycles. The Morgan fingerprint density at radius 1 is 1.30 bits per heavy atom. The highest BCUT2D eigenvalue weighted by Gasteiger charge is 2.35. The molecular formula is C16H21NO3. The molecule has 20 heavy (non-hydrogen) atoms. The summed E-state index contributed by atoms with van der Waals surface area (Å²) in [5.41, 5.74) is 1.25. The van der Waals surface area contributed by atoms with Crippen LogP contribution in [0.15, 0.2) is 24.3 Å². The van der Waals surface area contributed by atoms with Crippen molar-refractivity contribution < 1.29 is 14.6 Å². The van der Waals surface area contributed by atoms with Gasteiger partial charge in [0.15, 0.2) is 0 Å². The molecule has 2 aliphatic rings. The monoisotopic (exact) mass is 275 g/mol. The average Bonchev–Trinajstić information content (AvgIpc) is 2.47.